The molecule has 160 valence electrons. The molecule has 7 heteroatoms. The molecule has 1 aliphatic heterocycles. The van der Waals surface area contributed by atoms with Gasteiger partial charge in [0.05, 0.1) is 5.02 Å². The van der Waals surface area contributed by atoms with E-state index in [9.17, 15) is 13.2 Å². The largest absolute Gasteiger partial charge is 0.355 e. The molecule has 0 spiro atoms. The predicted molar refractivity (Wildman–Crippen MR) is 116 cm³/mol. The summed E-state index contributed by atoms with van der Waals surface area (Å²) in [5.41, 5.74) is 0. The molecule has 3 rings (SSSR count). The quantitative estimate of drug-likeness (QED) is 0.735. The zero-order valence-corrected chi connectivity index (χ0v) is 16.6. The second kappa shape index (κ2) is 11.2. The van der Waals surface area contributed by atoms with Crippen LogP contribution in [0.3, 0.4) is 0 Å². The van der Waals surface area contributed by atoms with Gasteiger partial charge in [-0.05, 0) is 25.0 Å². The number of nitrogens with one attached hydrogen (secondary N) is 1. The minimum absolute atomic E-state index is 0. The second-order valence-electron chi connectivity index (χ2n) is 7.41. The van der Waals surface area contributed by atoms with Gasteiger partial charge in [0.1, 0.15) is 4.90 Å². The molecule has 1 saturated heterocycles. The average molecular weight is 431 g/mol. The molecule has 2 aliphatic rings. The number of carbonyl (C=O) groups excluding carboxylic acids is 1. The van der Waals surface area contributed by atoms with Gasteiger partial charge in [0.25, 0.3) is 0 Å². The first-order chi connectivity index (χ1) is 12.5. The third kappa shape index (κ3) is 5.94. The number of amides is 1. The lowest BCUT2D eigenvalue weighted by atomic mass is 9.90. The van der Waals surface area contributed by atoms with Gasteiger partial charge in [-0.1, -0.05) is 70.7 Å². The van der Waals surface area contributed by atoms with Gasteiger partial charge in [-0.25, -0.2) is 8.42 Å². The second-order valence-corrected chi connectivity index (χ2v) is 9.72. The van der Waals surface area contributed by atoms with Crippen molar-refractivity contribution >= 4 is 27.5 Å². The van der Waals surface area contributed by atoms with Crippen molar-refractivity contribution in [1.29, 1.82) is 0 Å². The van der Waals surface area contributed by atoms with Crippen molar-refractivity contribution in [3.05, 3.63) is 29.3 Å². The van der Waals surface area contributed by atoms with Gasteiger partial charge in [0.2, 0.25) is 15.9 Å². The maximum atomic E-state index is 12.6. The molecule has 1 heterocycles. The Hall–Kier alpha value is -1.11. The molecule has 1 aromatic rings. The smallest absolute Gasteiger partial charge is 0.244 e. The molecule has 1 amide bonds. The van der Waals surface area contributed by atoms with Crippen molar-refractivity contribution in [3.63, 3.8) is 0 Å². The van der Waals surface area contributed by atoms with Crippen molar-refractivity contribution in [2.24, 2.45) is 11.8 Å². The molecule has 0 radical (unpaired) electrons. The first-order valence-corrected chi connectivity index (χ1v) is 11.3. The van der Waals surface area contributed by atoms with E-state index in [1.807, 2.05) is 0 Å². The van der Waals surface area contributed by atoms with Crippen LogP contribution in [-0.2, 0) is 14.8 Å². The van der Waals surface area contributed by atoms with Crippen LogP contribution in [0.25, 0.3) is 0 Å². The number of hydrogen-bond acceptors (Lipinski definition) is 3. The highest BCUT2D eigenvalue weighted by atomic mass is 35.5. The first kappa shape index (κ1) is 24.9. The fraction of sp³-hybridized carbons (Fsp3) is 0.667. The summed E-state index contributed by atoms with van der Waals surface area (Å²) < 4.78 is 26.6. The summed E-state index contributed by atoms with van der Waals surface area (Å²) in [6, 6.07) is 6.50. The number of benzene rings is 1. The highest BCUT2D eigenvalue weighted by Gasteiger charge is 2.37. The number of carbonyl (C=O) groups is 1. The summed E-state index contributed by atoms with van der Waals surface area (Å²) in [7, 11) is -3.55. The van der Waals surface area contributed by atoms with Crippen LogP contribution in [0.1, 0.15) is 59.8 Å². The third-order valence-corrected chi connectivity index (χ3v) is 7.75. The molecular weight excluding hydrogens is 396 g/mol. The molecule has 1 saturated carbocycles. The van der Waals surface area contributed by atoms with E-state index in [-0.39, 0.29) is 42.5 Å². The Morgan fingerprint density at radius 1 is 1.04 bits per heavy atom. The van der Waals surface area contributed by atoms with E-state index < -0.39 is 10.0 Å². The number of halogens is 1. The Morgan fingerprint density at radius 2 is 1.61 bits per heavy atom. The molecule has 0 atom stereocenters. The fourth-order valence-electron chi connectivity index (χ4n) is 3.75. The summed E-state index contributed by atoms with van der Waals surface area (Å²) in [6.45, 7) is 1.40. The highest BCUT2D eigenvalue weighted by Crippen LogP contribution is 2.29. The Balaban J connectivity index is 0.00000196. The maximum absolute atomic E-state index is 12.6. The van der Waals surface area contributed by atoms with E-state index in [2.05, 4.69) is 5.32 Å². The fourth-order valence-corrected chi connectivity index (χ4v) is 5.83. The maximum Gasteiger partial charge on any atom is 0.244 e. The monoisotopic (exact) mass is 430 g/mol. The minimum atomic E-state index is -3.55. The van der Waals surface area contributed by atoms with Crippen LogP contribution in [0.2, 0.25) is 5.02 Å². The Labute approximate surface area is 175 Å². The summed E-state index contributed by atoms with van der Waals surface area (Å²) in [5, 5.41) is 3.28. The highest BCUT2D eigenvalue weighted by molar-refractivity contribution is 7.89. The van der Waals surface area contributed by atoms with Crippen molar-refractivity contribution in [2.45, 2.75) is 64.7 Å². The summed E-state index contributed by atoms with van der Waals surface area (Å²) >= 11 is 6.02. The zero-order valence-electron chi connectivity index (χ0n) is 15.0. The Morgan fingerprint density at radius 3 is 2.21 bits per heavy atom. The van der Waals surface area contributed by atoms with Gasteiger partial charge in [-0.15, -0.1) is 0 Å². The standard InChI is InChI=1S/C19H27ClN2O3S.2CH4/c20-17-10-6-7-11-18(17)26(24,25)22-13-15(14-22)12-21-19(23)16-8-4-2-1-3-5-9-16;;/h6-7,10-11,15-16H,1-5,8-9,12-14H2,(H,21,23);2*1H4. The molecule has 0 aromatic heterocycles. The van der Waals surface area contributed by atoms with Crippen molar-refractivity contribution in [1.82, 2.24) is 9.62 Å². The summed E-state index contributed by atoms with van der Waals surface area (Å²) in [4.78, 5) is 12.5. The first-order valence-electron chi connectivity index (χ1n) is 9.51. The zero-order chi connectivity index (χ0) is 18.6. The lowest BCUT2D eigenvalue weighted by Gasteiger charge is -2.38. The lowest BCUT2D eigenvalue weighted by molar-refractivity contribution is -0.126. The van der Waals surface area contributed by atoms with Crippen LogP contribution in [0, 0.1) is 11.8 Å². The van der Waals surface area contributed by atoms with Crippen molar-refractivity contribution in [2.75, 3.05) is 19.6 Å². The Kier molecular flexibility index (Phi) is 9.95. The van der Waals surface area contributed by atoms with Gasteiger partial charge in [-0.3, -0.25) is 4.79 Å². The molecule has 1 N–H and O–H groups in total. The summed E-state index contributed by atoms with van der Waals surface area (Å²) in [6.07, 6.45) is 7.94. The van der Waals surface area contributed by atoms with Crippen LogP contribution < -0.4 is 5.32 Å². The number of sulfonamides is 1. The molecule has 0 bridgehead atoms. The predicted octanol–water partition coefficient (Wildman–Crippen LogP) is 4.71. The molecule has 1 aliphatic carbocycles. The van der Waals surface area contributed by atoms with Gasteiger partial charge in [0, 0.05) is 31.5 Å². The van der Waals surface area contributed by atoms with Crippen LogP contribution in [-0.4, -0.2) is 38.3 Å². The van der Waals surface area contributed by atoms with Crippen LogP contribution in [0.5, 0.6) is 0 Å². The Bertz CT molecular complexity index is 725. The number of hydrogen-bond donors (Lipinski definition) is 1. The molecule has 28 heavy (non-hydrogen) atoms. The molecular formula is C21H35ClN2O3S. The minimum Gasteiger partial charge on any atom is -0.355 e. The van der Waals surface area contributed by atoms with E-state index in [4.69, 9.17) is 11.6 Å². The molecule has 2 fully saturated rings. The third-order valence-electron chi connectivity index (χ3n) is 5.42. The van der Waals surface area contributed by atoms with Crippen molar-refractivity contribution < 1.29 is 13.2 Å². The average Bonchev–Trinajstić information content (AvgIpc) is 2.52. The number of rotatable bonds is 5. The molecule has 1 aromatic carbocycles. The van der Waals surface area contributed by atoms with Gasteiger partial charge < -0.3 is 5.32 Å². The van der Waals surface area contributed by atoms with Gasteiger partial charge >= 0.3 is 0 Å². The van der Waals surface area contributed by atoms with Gasteiger partial charge in [0.15, 0.2) is 0 Å². The lowest BCUT2D eigenvalue weighted by Crippen LogP contribution is -2.54. The van der Waals surface area contributed by atoms with Gasteiger partial charge in [-0.2, -0.15) is 4.31 Å². The van der Waals surface area contributed by atoms with Crippen molar-refractivity contribution in [3.8, 4) is 0 Å². The SMILES string of the molecule is C.C.O=C(NCC1CN(S(=O)(=O)c2ccccc2Cl)C1)C1CCCCCCC1. The molecule has 5 nitrogen and oxygen atoms in total. The normalized spacial score (nSPS) is 19.3. The summed E-state index contributed by atoms with van der Waals surface area (Å²) in [5.74, 6) is 0.433. The number of nitrogens with zero attached hydrogens (tertiary/aromatic N) is 1. The van der Waals surface area contributed by atoms with E-state index >= 15 is 0 Å². The van der Waals surface area contributed by atoms with Crippen LogP contribution >= 0.6 is 11.6 Å². The van der Waals surface area contributed by atoms with E-state index in [0.29, 0.717) is 19.6 Å². The topological polar surface area (TPSA) is 66.5 Å². The molecule has 0 unspecified atom stereocenters. The van der Waals surface area contributed by atoms with Crippen LogP contribution in [0.4, 0.5) is 0 Å². The van der Waals surface area contributed by atoms with E-state index in [0.717, 1.165) is 25.7 Å². The van der Waals surface area contributed by atoms with E-state index in [1.54, 1.807) is 18.2 Å². The van der Waals surface area contributed by atoms with E-state index in [1.165, 1.54) is 29.6 Å². The van der Waals surface area contributed by atoms with Crippen LogP contribution in [0.15, 0.2) is 29.2 Å².